The van der Waals surface area contributed by atoms with Gasteiger partial charge >= 0.3 is 6.03 Å². The van der Waals surface area contributed by atoms with E-state index in [1.165, 1.54) is 0 Å². The Kier molecular flexibility index (Phi) is 6.45. The summed E-state index contributed by atoms with van der Waals surface area (Å²) >= 11 is 6.35. The molecule has 2 heterocycles. The number of rotatable bonds is 5. The molecule has 0 spiro atoms. The van der Waals surface area contributed by atoms with Crippen molar-refractivity contribution in [3.8, 4) is 0 Å². The van der Waals surface area contributed by atoms with Gasteiger partial charge in [0.25, 0.3) is 5.91 Å². The molecule has 8 heteroatoms. The molecule has 2 aliphatic heterocycles. The molecular formula is C25H29ClN4O3. The predicted molar refractivity (Wildman–Crippen MR) is 127 cm³/mol. The zero-order chi connectivity index (χ0) is 23.8. The SMILES string of the molecule is Cc1ccc(C2(C)NC(=O)N(CC(=O)N3CCN(C(C)c4ccccc4Cl)CC3)C2=O)cc1. The molecule has 4 amide bonds. The first kappa shape index (κ1) is 23.3. The molecule has 0 radical (unpaired) electrons. The second-order valence-electron chi connectivity index (χ2n) is 8.93. The molecule has 2 atom stereocenters. The number of benzene rings is 2. The molecule has 2 saturated heterocycles. The molecule has 2 aromatic rings. The molecule has 0 aromatic heterocycles. The van der Waals surface area contributed by atoms with Crippen molar-refractivity contribution < 1.29 is 14.4 Å². The van der Waals surface area contributed by atoms with Crippen molar-refractivity contribution in [3.05, 3.63) is 70.2 Å². The summed E-state index contributed by atoms with van der Waals surface area (Å²) in [6.45, 7) is 7.94. The van der Waals surface area contributed by atoms with Crippen LogP contribution in [-0.4, -0.2) is 65.3 Å². The first-order valence-electron chi connectivity index (χ1n) is 11.2. The normalized spacial score (nSPS) is 22.4. The Morgan fingerprint density at radius 1 is 1.06 bits per heavy atom. The third kappa shape index (κ3) is 4.48. The van der Waals surface area contributed by atoms with Crippen LogP contribution in [-0.2, 0) is 15.1 Å². The summed E-state index contributed by atoms with van der Waals surface area (Å²) in [5.41, 5.74) is 1.65. The van der Waals surface area contributed by atoms with Crippen molar-refractivity contribution in [2.24, 2.45) is 0 Å². The maximum atomic E-state index is 13.1. The van der Waals surface area contributed by atoms with Crippen molar-refractivity contribution in [2.75, 3.05) is 32.7 Å². The number of carbonyl (C=O) groups is 3. The lowest BCUT2D eigenvalue weighted by molar-refractivity contribution is -0.140. The lowest BCUT2D eigenvalue weighted by Gasteiger charge is -2.38. The second-order valence-corrected chi connectivity index (χ2v) is 9.33. The van der Waals surface area contributed by atoms with Crippen LogP contribution in [0.1, 0.15) is 36.6 Å². The summed E-state index contributed by atoms with van der Waals surface area (Å²) in [7, 11) is 0. The molecule has 7 nitrogen and oxygen atoms in total. The standard InChI is InChI=1S/C25H29ClN4O3/c1-17-8-10-19(11-9-17)25(3)23(32)30(24(33)27-25)16-22(31)29-14-12-28(13-15-29)18(2)20-6-4-5-7-21(20)26/h4-11,18H,12-16H2,1-3H3,(H,27,33). The van der Waals surface area contributed by atoms with Crippen LogP contribution in [0.4, 0.5) is 4.79 Å². The van der Waals surface area contributed by atoms with Gasteiger partial charge in [-0.05, 0) is 38.0 Å². The van der Waals surface area contributed by atoms with Gasteiger partial charge in [0.2, 0.25) is 5.91 Å². The van der Waals surface area contributed by atoms with Crippen LogP contribution in [0.2, 0.25) is 5.02 Å². The van der Waals surface area contributed by atoms with E-state index >= 15 is 0 Å². The number of piperazine rings is 1. The van der Waals surface area contributed by atoms with E-state index in [0.717, 1.165) is 21.0 Å². The van der Waals surface area contributed by atoms with Crippen molar-refractivity contribution in [1.29, 1.82) is 0 Å². The van der Waals surface area contributed by atoms with E-state index in [2.05, 4.69) is 17.1 Å². The Morgan fingerprint density at radius 2 is 1.70 bits per heavy atom. The number of carbonyl (C=O) groups excluding carboxylic acids is 3. The van der Waals surface area contributed by atoms with E-state index < -0.39 is 17.5 Å². The number of hydrogen-bond acceptors (Lipinski definition) is 4. The second kappa shape index (κ2) is 9.15. The molecule has 2 fully saturated rings. The van der Waals surface area contributed by atoms with E-state index in [-0.39, 0.29) is 18.5 Å². The van der Waals surface area contributed by atoms with Crippen LogP contribution in [0.25, 0.3) is 0 Å². The monoisotopic (exact) mass is 468 g/mol. The minimum absolute atomic E-state index is 0.136. The maximum absolute atomic E-state index is 13.1. The Morgan fingerprint density at radius 3 is 2.33 bits per heavy atom. The minimum Gasteiger partial charge on any atom is -0.339 e. The zero-order valence-electron chi connectivity index (χ0n) is 19.2. The fraction of sp³-hybridized carbons (Fsp3) is 0.400. The maximum Gasteiger partial charge on any atom is 0.325 e. The Hall–Kier alpha value is -2.90. The molecule has 0 saturated carbocycles. The van der Waals surface area contributed by atoms with E-state index in [1.54, 1.807) is 11.8 Å². The van der Waals surface area contributed by atoms with Crippen molar-refractivity contribution in [3.63, 3.8) is 0 Å². The van der Waals surface area contributed by atoms with E-state index in [4.69, 9.17) is 11.6 Å². The smallest absolute Gasteiger partial charge is 0.325 e. The fourth-order valence-corrected chi connectivity index (χ4v) is 4.82. The number of halogens is 1. The molecule has 0 bridgehead atoms. The highest BCUT2D eigenvalue weighted by Crippen LogP contribution is 2.30. The van der Waals surface area contributed by atoms with Gasteiger partial charge in [0.05, 0.1) is 0 Å². The molecule has 174 valence electrons. The summed E-state index contributed by atoms with van der Waals surface area (Å²) in [6.07, 6.45) is 0. The lowest BCUT2D eigenvalue weighted by Crippen LogP contribution is -2.52. The molecule has 33 heavy (non-hydrogen) atoms. The quantitative estimate of drug-likeness (QED) is 0.683. The fourth-order valence-electron chi connectivity index (χ4n) is 4.53. The average Bonchev–Trinajstić information content (AvgIpc) is 3.03. The number of nitrogens with one attached hydrogen (secondary N) is 1. The van der Waals surface area contributed by atoms with Crippen LogP contribution in [0.3, 0.4) is 0 Å². The topological polar surface area (TPSA) is 73.0 Å². The van der Waals surface area contributed by atoms with Crippen LogP contribution < -0.4 is 5.32 Å². The van der Waals surface area contributed by atoms with Gasteiger partial charge < -0.3 is 10.2 Å². The summed E-state index contributed by atoms with van der Waals surface area (Å²) in [5.74, 6) is -0.632. The Bertz CT molecular complexity index is 1070. The van der Waals surface area contributed by atoms with Crippen molar-refractivity contribution in [1.82, 2.24) is 20.0 Å². The van der Waals surface area contributed by atoms with Gasteiger partial charge in [-0.2, -0.15) is 0 Å². The number of amides is 4. The Labute approximate surface area is 199 Å². The average molecular weight is 469 g/mol. The highest BCUT2D eigenvalue weighted by molar-refractivity contribution is 6.31. The first-order chi connectivity index (χ1) is 15.7. The van der Waals surface area contributed by atoms with Gasteiger partial charge in [0.1, 0.15) is 12.1 Å². The number of aryl methyl sites for hydroxylation is 1. The van der Waals surface area contributed by atoms with Crippen molar-refractivity contribution >= 4 is 29.4 Å². The summed E-state index contributed by atoms with van der Waals surface area (Å²) in [5, 5.41) is 3.50. The molecule has 4 rings (SSSR count). The number of hydrogen-bond donors (Lipinski definition) is 1. The molecule has 1 N–H and O–H groups in total. The predicted octanol–water partition coefficient (Wildman–Crippen LogP) is 3.32. The van der Waals surface area contributed by atoms with E-state index in [9.17, 15) is 14.4 Å². The molecule has 0 aliphatic carbocycles. The lowest BCUT2D eigenvalue weighted by atomic mass is 9.91. The third-order valence-electron chi connectivity index (χ3n) is 6.77. The van der Waals surface area contributed by atoms with Crippen LogP contribution in [0, 0.1) is 6.92 Å². The number of nitrogens with zero attached hydrogens (tertiary/aromatic N) is 3. The number of imide groups is 1. The molecular weight excluding hydrogens is 440 g/mol. The van der Waals surface area contributed by atoms with Crippen LogP contribution >= 0.6 is 11.6 Å². The zero-order valence-corrected chi connectivity index (χ0v) is 19.9. The minimum atomic E-state index is -1.17. The highest BCUT2D eigenvalue weighted by Gasteiger charge is 2.49. The molecule has 2 aliphatic rings. The largest absolute Gasteiger partial charge is 0.339 e. The molecule has 2 aromatic carbocycles. The summed E-state index contributed by atoms with van der Waals surface area (Å²) in [4.78, 5) is 43.7. The van der Waals surface area contributed by atoms with Gasteiger partial charge in [-0.15, -0.1) is 0 Å². The van der Waals surface area contributed by atoms with Crippen molar-refractivity contribution in [2.45, 2.75) is 32.4 Å². The summed E-state index contributed by atoms with van der Waals surface area (Å²) in [6, 6.07) is 14.8. The number of urea groups is 1. The first-order valence-corrected chi connectivity index (χ1v) is 11.6. The van der Waals surface area contributed by atoms with E-state index in [0.29, 0.717) is 31.7 Å². The summed E-state index contributed by atoms with van der Waals surface area (Å²) < 4.78 is 0. The van der Waals surface area contributed by atoms with Gasteiger partial charge in [-0.3, -0.25) is 19.4 Å². The third-order valence-corrected chi connectivity index (χ3v) is 7.11. The highest BCUT2D eigenvalue weighted by atomic mass is 35.5. The van der Waals surface area contributed by atoms with Crippen LogP contribution in [0.15, 0.2) is 48.5 Å². The van der Waals surface area contributed by atoms with E-state index in [1.807, 2.05) is 55.5 Å². The molecule has 2 unspecified atom stereocenters. The van der Waals surface area contributed by atoms with Gasteiger partial charge in [-0.25, -0.2) is 4.79 Å². The van der Waals surface area contributed by atoms with Gasteiger partial charge in [0.15, 0.2) is 0 Å². The Balaban J connectivity index is 1.37. The van der Waals surface area contributed by atoms with Crippen LogP contribution in [0.5, 0.6) is 0 Å². The van der Waals surface area contributed by atoms with Gasteiger partial charge in [0, 0.05) is 37.2 Å². The van der Waals surface area contributed by atoms with Gasteiger partial charge in [-0.1, -0.05) is 59.6 Å².